The maximum Gasteiger partial charge on any atom is 0.573 e. The van der Waals surface area contributed by atoms with E-state index in [0.29, 0.717) is 4.47 Å². The Morgan fingerprint density at radius 2 is 1.90 bits per heavy atom. The molecule has 0 saturated heterocycles. The monoisotopic (exact) mass is 389 g/mol. The zero-order valence-electron chi connectivity index (χ0n) is 11.6. The third kappa shape index (κ3) is 7.25. The molecular formula is C12H15BrF3NO3S. The Kier molecular flexibility index (Phi) is 6.21. The normalized spacial score (nSPS) is 14.0. The van der Waals surface area contributed by atoms with Gasteiger partial charge in [-0.2, -0.15) is 0 Å². The van der Waals surface area contributed by atoms with E-state index in [-0.39, 0.29) is 17.2 Å². The van der Waals surface area contributed by atoms with E-state index in [1.165, 1.54) is 12.1 Å². The summed E-state index contributed by atoms with van der Waals surface area (Å²) in [5.41, 5.74) is -0.271. The SMILES string of the molecule is CC(C)(C)NCOS(=O)c1cc(Br)ccc1OC(F)(F)F. The van der Waals surface area contributed by atoms with Crippen LogP contribution in [-0.4, -0.2) is 22.8 Å². The molecule has 0 bridgehead atoms. The molecule has 1 aromatic rings. The predicted molar refractivity (Wildman–Crippen MR) is 76.1 cm³/mol. The number of benzene rings is 1. The quantitative estimate of drug-likeness (QED) is 0.779. The Morgan fingerprint density at radius 3 is 2.43 bits per heavy atom. The van der Waals surface area contributed by atoms with Crippen LogP contribution in [0.5, 0.6) is 5.75 Å². The minimum atomic E-state index is -4.86. The number of alkyl halides is 3. The van der Waals surface area contributed by atoms with Crippen molar-refractivity contribution in [3.8, 4) is 5.75 Å². The van der Waals surface area contributed by atoms with Crippen molar-refractivity contribution in [1.82, 2.24) is 5.32 Å². The fraction of sp³-hybridized carbons (Fsp3) is 0.500. The third-order valence-electron chi connectivity index (χ3n) is 2.08. The van der Waals surface area contributed by atoms with Crippen molar-refractivity contribution in [2.45, 2.75) is 37.6 Å². The van der Waals surface area contributed by atoms with Gasteiger partial charge in [0.2, 0.25) is 0 Å². The summed E-state index contributed by atoms with van der Waals surface area (Å²) in [5.74, 6) is -0.556. The Morgan fingerprint density at radius 1 is 1.29 bits per heavy atom. The van der Waals surface area contributed by atoms with Gasteiger partial charge in [-0.3, -0.25) is 9.50 Å². The zero-order valence-corrected chi connectivity index (χ0v) is 14.0. The van der Waals surface area contributed by atoms with Crippen LogP contribution in [0.2, 0.25) is 0 Å². The van der Waals surface area contributed by atoms with Gasteiger partial charge in [0.05, 0.1) is 0 Å². The second kappa shape index (κ2) is 7.08. The highest BCUT2D eigenvalue weighted by atomic mass is 79.9. The first kappa shape index (κ1) is 18.4. The number of hydrogen-bond donors (Lipinski definition) is 1. The van der Waals surface area contributed by atoms with E-state index in [9.17, 15) is 17.4 Å². The molecule has 1 rings (SSSR count). The Hall–Kier alpha value is -0.640. The van der Waals surface area contributed by atoms with Crippen LogP contribution in [0.25, 0.3) is 0 Å². The molecule has 1 N–H and O–H groups in total. The first-order chi connectivity index (χ1) is 9.48. The fourth-order valence-electron chi connectivity index (χ4n) is 1.18. The smallest absolute Gasteiger partial charge is 0.404 e. The summed E-state index contributed by atoms with van der Waals surface area (Å²) >= 11 is 1.01. The van der Waals surface area contributed by atoms with Crippen molar-refractivity contribution in [3.63, 3.8) is 0 Å². The first-order valence-electron chi connectivity index (χ1n) is 5.83. The summed E-state index contributed by atoms with van der Waals surface area (Å²) < 4.78 is 58.2. The maximum atomic E-state index is 12.3. The second-order valence-electron chi connectivity index (χ2n) is 5.06. The van der Waals surface area contributed by atoms with E-state index in [1.54, 1.807) is 0 Å². The van der Waals surface area contributed by atoms with Crippen LogP contribution in [-0.2, 0) is 15.3 Å². The molecule has 1 atom stereocenters. The largest absolute Gasteiger partial charge is 0.573 e. The lowest BCUT2D eigenvalue weighted by Gasteiger charge is -2.20. The number of rotatable bonds is 5. The van der Waals surface area contributed by atoms with Crippen LogP contribution in [0.3, 0.4) is 0 Å². The number of hydrogen-bond acceptors (Lipinski definition) is 4. The summed E-state index contributed by atoms with van der Waals surface area (Å²) in [4.78, 5) is -0.197. The van der Waals surface area contributed by atoms with E-state index in [4.69, 9.17) is 4.18 Å². The Labute approximate surface area is 131 Å². The Bertz CT molecular complexity index is 517. The van der Waals surface area contributed by atoms with Gasteiger partial charge < -0.3 is 4.74 Å². The van der Waals surface area contributed by atoms with Gasteiger partial charge in [-0.05, 0) is 39.0 Å². The molecule has 0 saturated carbocycles. The van der Waals surface area contributed by atoms with Crippen LogP contribution in [0.4, 0.5) is 13.2 Å². The molecule has 0 aliphatic rings. The van der Waals surface area contributed by atoms with Gasteiger partial charge >= 0.3 is 6.36 Å². The van der Waals surface area contributed by atoms with Crippen LogP contribution in [0.15, 0.2) is 27.6 Å². The zero-order chi connectivity index (χ0) is 16.3. The highest BCUT2D eigenvalue weighted by molar-refractivity contribution is 9.10. The molecule has 0 aromatic heterocycles. The molecule has 0 amide bonds. The van der Waals surface area contributed by atoms with Gasteiger partial charge in [0.15, 0.2) is 11.1 Å². The van der Waals surface area contributed by atoms with Crippen molar-refractivity contribution in [2.24, 2.45) is 0 Å². The Balaban J connectivity index is 2.84. The number of nitrogens with one attached hydrogen (secondary N) is 1. The molecule has 1 unspecified atom stereocenters. The standard InChI is InChI=1S/C12H15BrF3NO3S/c1-11(2,3)17-7-19-21(18)10-6-8(13)4-5-9(10)20-12(14,15)16/h4-6,17H,7H2,1-3H3. The molecule has 120 valence electrons. The fourth-order valence-corrected chi connectivity index (χ4v) is 2.49. The van der Waals surface area contributed by atoms with Crippen LogP contribution >= 0.6 is 15.9 Å². The minimum Gasteiger partial charge on any atom is -0.404 e. The molecule has 1 aromatic carbocycles. The minimum absolute atomic E-state index is 0.0753. The summed E-state index contributed by atoms with van der Waals surface area (Å²) in [6.07, 6.45) is -4.86. The topological polar surface area (TPSA) is 47.6 Å². The third-order valence-corrected chi connectivity index (χ3v) is 3.58. The molecular weight excluding hydrogens is 375 g/mol. The lowest BCUT2D eigenvalue weighted by atomic mass is 10.1. The van der Waals surface area contributed by atoms with Crippen molar-refractivity contribution in [2.75, 3.05) is 6.73 Å². The molecule has 0 aliphatic heterocycles. The molecule has 21 heavy (non-hydrogen) atoms. The maximum absolute atomic E-state index is 12.3. The van der Waals surface area contributed by atoms with Gasteiger partial charge in [0.25, 0.3) is 0 Å². The molecule has 0 radical (unpaired) electrons. The number of halogens is 4. The first-order valence-corrected chi connectivity index (χ1v) is 7.70. The molecule has 0 aliphatic carbocycles. The van der Waals surface area contributed by atoms with E-state index in [2.05, 4.69) is 26.0 Å². The predicted octanol–water partition coefficient (Wildman–Crippen LogP) is 3.73. The van der Waals surface area contributed by atoms with Gasteiger partial charge in [-0.15, -0.1) is 13.2 Å². The number of ether oxygens (including phenoxy) is 1. The molecule has 0 heterocycles. The molecule has 0 fully saturated rings. The molecule has 4 nitrogen and oxygen atoms in total. The lowest BCUT2D eigenvalue weighted by molar-refractivity contribution is -0.275. The van der Waals surface area contributed by atoms with Gasteiger partial charge in [-0.25, -0.2) is 4.21 Å². The van der Waals surface area contributed by atoms with Gasteiger partial charge in [0, 0.05) is 10.0 Å². The van der Waals surface area contributed by atoms with Crippen molar-refractivity contribution in [3.05, 3.63) is 22.7 Å². The van der Waals surface area contributed by atoms with Crippen molar-refractivity contribution < 1.29 is 26.3 Å². The highest BCUT2D eigenvalue weighted by Crippen LogP contribution is 2.31. The lowest BCUT2D eigenvalue weighted by Crippen LogP contribution is -2.37. The molecule has 0 spiro atoms. The van der Waals surface area contributed by atoms with Crippen LogP contribution < -0.4 is 10.1 Å². The second-order valence-corrected chi connectivity index (χ2v) is 7.12. The summed E-state index contributed by atoms with van der Waals surface area (Å²) in [7, 11) is 0. The van der Waals surface area contributed by atoms with Crippen LogP contribution in [0.1, 0.15) is 20.8 Å². The van der Waals surface area contributed by atoms with Crippen molar-refractivity contribution >= 4 is 27.0 Å². The average molecular weight is 390 g/mol. The average Bonchev–Trinajstić information content (AvgIpc) is 2.28. The van der Waals surface area contributed by atoms with Crippen LogP contribution in [0, 0.1) is 0 Å². The summed E-state index contributed by atoms with van der Waals surface area (Å²) in [6.45, 7) is 5.54. The van der Waals surface area contributed by atoms with E-state index in [1.807, 2.05) is 20.8 Å². The van der Waals surface area contributed by atoms with E-state index in [0.717, 1.165) is 6.07 Å². The van der Waals surface area contributed by atoms with E-state index >= 15 is 0 Å². The highest BCUT2D eigenvalue weighted by Gasteiger charge is 2.33. The molecule has 9 heteroatoms. The van der Waals surface area contributed by atoms with Crippen molar-refractivity contribution in [1.29, 1.82) is 0 Å². The summed E-state index contributed by atoms with van der Waals surface area (Å²) in [6, 6.07) is 3.69. The van der Waals surface area contributed by atoms with Gasteiger partial charge in [-0.1, -0.05) is 15.9 Å². The van der Waals surface area contributed by atoms with E-state index < -0.39 is 23.2 Å². The van der Waals surface area contributed by atoms with Gasteiger partial charge in [0.1, 0.15) is 17.4 Å². The summed E-state index contributed by atoms with van der Waals surface area (Å²) in [5, 5.41) is 2.91.